The van der Waals surface area contributed by atoms with E-state index in [2.05, 4.69) is 10.3 Å². The van der Waals surface area contributed by atoms with Crippen LogP contribution < -0.4 is 10.1 Å². The number of likely N-dealkylation sites (tertiary alicyclic amines) is 1. The fraction of sp³-hybridized carbons (Fsp3) is 0.611. The standard InChI is InChI=1S/C18H26F3N3O2.HI/c1-4-26-14-7-9-24(10-8-14)17(22-2)23-12-13-5-6-15(25-3)11-16(13)18(19,20)21;/h5-6,11,14H,4,7-10,12H2,1-3H3,(H,22,23);1H. The first-order valence-corrected chi connectivity index (χ1v) is 8.70. The number of benzene rings is 1. The molecular formula is C18H27F3IN3O2. The minimum absolute atomic E-state index is 0. The number of guanidine groups is 1. The number of ether oxygens (including phenoxy) is 2. The van der Waals surface area contributed by atoms with Crippen LogP contribution in [0.3, 0.4) is 0 Å². The molecule has 0 spiro atoms. The lowest BCUT2D eigenvalue weighted by molar-refractivity contribution is -0.138. The van der Waals surface area contributed by atoms with Gasteiger partial charge in [-0.3, -0.25) is 4.99 Å². The van der Waals surface area contributed by atoms with Crippen LogP contribution in [0.2, 0.25) is 0 Å². The normalized spacial score (nSPS) is 16.1. The Bertz CT molecular complexity index is 618. The summed E-state index contributed by atoms with van der Waals surface area (Å²) in [4.78, 5) is 6.26. The minimum Gasteiger partial charge on any atom is -0.497 e. The molecule has 2 rings (SSSR count). The van der Waals surface area contributed by atoms with Gasteiger partial charge in [-0.05, 0) is 37.5 Å². The van der Waals surface area contributed by atoms with E-state index in [0.717, 1.165) is 32.0 Å². The number of halogens is 4. The summed E-state index contributed by atoms with van der Waals surface area (Å²) < 4.78 is 50.4. The summed E-state index contributed by atoms with van der Waals surface area (Å²) in [6.07, 6.45) is -2.44. The summed E-state index contributed by atoms with van der Waals surface area (Å²) in [5.41, 5.74) is -0.543. The molecule has 0 aliphatic carbocycles. The number of methoxy groups -OCH3 is 1. The van der Waals surface area contributed by atoms with Crippen LogP contribution in [0.25, 0.3) is 0 Å². The second kappa shape index (κ2) is 10.9. The molecule has 1 N–H and O–H groups in total. The van der Waals surface area contributed by atoms with Crippen LogP contribution in [0.5, 0.6) is 5.75 Å². The van der Waals surface area contributed by atoms with Crippen LogP contribution >= 0.6 is 24.0 Å². The maximum Gasteiger partial charge on any atom is 0.416 e. The van der Waals surface area contributed by atoms with Crippen molar-refractivity contribution in [1.82, 2.24) is 10.2 Å². The van der Waals surface area contributed by atoms with Crippen molar-refractivity contribution < 1.29 is 22.6 Å². The fourth-order valence-corrected chi connectivity index (χ4v) is 3.08. The number of rotatable bonds is 5. The van der Waals surface area contributed by atoms with Gasteiger partial charge >= 0.3 is 6.18 Å². The van der Waals surface area contributed by atoms with Gasteiger partial charge in [0.05, 0.1) is 18.8 Å². The second-order valence-corrected chi connectivity index (χ2v) is 6.06. The lowest BCUT2D eigenvalue weighted by atomic mass is 10.1. The SMILES string of the molecule is CCOC1CCN(C(=NC)NCc2ccc(OC)cc2C(F)(F)F)CC1.I. The lowest BCUT2D eigenvalue weighted by Gasteiger charge is -2.34. The van der Waals surface area contributed by atoms with Crippen LogP contribution in [0, 0.1) is 0 Å². The van der Waals surface area contributed by atoms with Crippen LogP contribution in [0.4, 0.5) is 13.2 Å². The zero-order valence-electron chi connectivity index (χ0n) is 15.8. The molecular weight excluding hydrogens is 474 g/mol. The molecule has 0 atom stereocenters. The summed E-state index contributed by atoms with van der Waals surface area (Å²) in [6, 6.07) is 3.99. The predicted molar refractivity (Wildman–Crippen MR) is 110 cm³/mol. The van der Waals surface area contributed by atoms with Crippen LogP contribution in [0.15, 0.2) is 23.2 Å². The van der Waals surface area contributed by atoms with E-state index in [1.807, 2.05) is 11.8 Å². The average molecular weight is 501 g/mol. The maximum atomic E-state index is 13.3. The summed E-state index contributed by atoms with van der Waals surface area (Å²) in [6.45, 7) is 4.23. The number of piperidine rings is 1. The van der Waals surface area contributed by atoms with E-state index in [1.54, 1.807) is 7.05 Å². The van der Waals surface area contributed by atoms with Gasteiger partial charge in [0, 0.05) is 33.3 Å². The van der Waals surface area contributed by atoms with Crippen molar-refractivity contribution in [3.63, 3.8) is 0 Å². The zero-order chi connectivity index (χ0) is 19.2. The van der Waals surface area contributed by atoms with E-state index in [9.17, 15) is 13.2 Å². The van der Waals surface area contributed by atoms with Gasteiger partial charge in [0.1, 0.15) is 5.75 Å². The Morgan fingerprint density at radius 2 is 1.96 bits per heavy atom. The molecule has 1 aliphatic heterocycles. The average Bonchev–Trinajstić information content (AvgIpc) is 2.63. The summed E-state index contributed by atoms with van der Waals surface area (Å²) >= 11 is 0. The molecule has 1 aromatic carbocycles. The number of nitrogens with zero attached hydrogens (tertiary/aromatic N) is 2. The molecule has 0 aromatic heterocycles. The van der Waals surface area contributed by atoms with Crippen LogP contribution in [0.1, 0.15) is 30.9 Å². The quantitative estimate of drug-likeness (QED) is 0.378. The fourth-order valence-electron chi connectivity index (χ4n) is 3.08. The monoisotopic (exact) mass is 501 g/mol. The van der Waals surface area contributed by atoms with Gasteiger partial charge in [-0.25, -0.2) is 0 Å². The third-order valence-electron chi connectivity index (χ3n) is 4.42. The third kappa shape index (κ3) is 6.70. The Balaban J connectivity index is 0.00000364. The van der Waals surface area contributed by atoms with E-state index in [0.29, 0.717) is 12.6 Å². The molecule has 0 radical (unpaired) electrons. The Labute approximate surface area is 175 Å². The molecule has 0 amide bonds. The predicted octanol–water partition coefficient (Wildman–Crippen LogP) is 3.91. The Kier molecular flexibility index (Phi) is 9.65. The Hall–Kier alpha value is -1.23. The first-order valence-electron chi connectivity index (χ1n) is 8.70. The first kappa shape index (κ1) is 23.8. The maximum absolute atomic E-state index is 13.3. The second-order valence-electron chi connectivity index (χ2n) is 6.06. The van der Waals surface area contributed by atoms with Crippen molar-refractivity contribution in [2.75, 3.05) is 33.9 Å². The van der Waals surface area contributed by atoms with Gasteiger partial charge in [-0.1, -0.05) is 6.07 Å². The van der Waals surface area contributed by atoms with Gasteiger partial charge in [0.25, 0.3) is 0 Å². The first-order chi connectivity index (χ1) is 12.4. The molecule has 1 saturated heterocycles. The molecule has 5 nitrogen and oxygen atoms in total. The Morgan fingerprint density at radius 3 is 2.48 bits per heavy atom. The van der Waals surface area contributed by atoms with Crippen molar-refractivity contribution in [3.05, 3.63) is 29.3 Å². The number of aliphatic imine (C=N–C) groups is 1. The van der Waals surface area contributed by atoms with Gasteiger partial charge in [0.15, 0.2) is 5.96 Å². The minimum atomic E-state index is -4.44. The van der Waals surface area contributed by atoms with Gasteiger partial charge in [-0.2, -0.15) is 13.2 Å². The van der Waals surface area contributed by atoms with Crippen molar-refractivity contribution in [1.29, 1.82) is 0 Å². The smallest absolute Gasteiger partial charge is 0.416 e. The van der Waals surface area contributed by atoms with E-state index in [-0.39, 0.29) is 47.9 Å². The van der Waals surface area contributed by atoms with Crippen LogP contribution in [-0.2, 0) is 17.5 Å². The molecule has 9 heteroatoms. The summed E-state index contributed by atoms with van der Waals surface area (Å²) in [5, 5.41) is 3.05. The molecule has 1 fully saturated rings. The van der Waals surface area contributed by atoms with Gasteiger partial charge in [0.2, 0.25) is 0 Å². The highest BCUT2D eigenvalue weighted by molar-refractivity contribution is 14.0. The van der Waals surface area contributed by atoms with Gasteiger partial charge in [-0.15, -0.1) is 24.0 Å². The molecule has 1 aromatic rings. The van der Waals surface area contributed by atoms with Crippen molar-refractivity contribution in [2.45, 2.75) is 38.6 Å². The molecule has 27 heavy (non-hydrogen) atoms. The zero-order valence-corrected chi connectivity index (χ0v) is 18.1. The topological polar surface area (TPSA) is 46.1 Å². The molecule has 1 heterocycles. The van der Waals surface area contributed by atoms with Crippen LogP contribution in [-0.4, -0.2) is 50.8 Å². The highest BCUT2D eigenvalue weighted by Gasteiger charge is 2.34. The third-order valence-corrected chi connectivity index (χ3v) is 4.42. The van der Waals surface area contributed by atoms with Gasteiger partial charge < -0.3 is 19.7 Å². The van der Waals surface area contributed by atoms with Crippen molar-refractivity contribution >= 4 is 29.9 Å². The lowest BCUT2D eigenvalue weighted by Crippen LogP contribution is -2.46. The number of nitrogens with one attached hydrogen (secondary N) is 1. The van der Waals surface area contributed by atoms with E-state index >= 15 is 0 Å². The van der Waals surface area contributed by atoms with E-state index in [4.69, 9.17) is 9.47 Å². The number of hydrogen-bond donors (Lipinski definition) is 1. The molecule has 0 saturated carbocycles. The largest absolute Gasteiger partial charge is 0.497 e. The molecule has 1 aliphatic rings. The van der Waals surface area contributed by atoms with Crippen molar-refractivity contribution in [3.8, 4) is 5.75 Å². The number of alkyl halides is 3. The highest BCUT2D eigenvalue weighted by atomic mass is 127. The van der Waals surface area contributed by atoms with Crippen molar-refractivity contribution in [2.24, 2.45) is 4.99 Å². The Morgan fingerprint density at radius 1 is 1.30 bits per heavy atom. The number of hydrogen-bond acceptors (Lipinski definition) is 3. The molecule has 0 unspecified atom stereocenters. The summed E-state index contributed by atoms with van der Waals surface area (Å²) in [7, 11) is 2.98. The summed E-state index contributed by atoms with van der Waals surface area (Å²) in [5.74, 6) is 0.785. The van der Waals surface area contributed by atoms with E-state index in [1.165, 1.54) is 19.2 Å². The van der Waals surface area contributed by atoms with E-state index < -0.39 is 11.7 Å². The molecule has 154 valence electrons. The molecule has 0 bridgehead atoms. The highest BCUT2D eigenvalue weighted by Crippen LogP contribution is 2.34.